The zero-order valence-electron chi connectivity index (χ0n) is 16.7. The maximum atomic E-state index is 12.8. The Morgan fingerprint density at radius 3 is 2.28 bits per heavy atom. The minimum absolute atomic E-state index is 0.122. The Morgan fingerprint density at radius 2 is 1.55 bits per heavy atom. The molecule has 4 rings (SSSR count). The van der Waals surface area contributed by atoms with Gasteiger partial charge in [0.05, 0.1) is 17.4 Å². The minimum Gasteiger partial charge on any atom is -0.368 e. The molecule has 1 N–H and O–H groups in total. The second kappa shape index (κ2) is 8.78. The van der Waals surface area contributed by atoms with E-state index in [1.165, 1.54) is 5.69 Å². The van der Waals surface area contributed by atoms with Crippen LogP contribution in [-0.4, -0.2) is 37.1 Å². The molecule has 1 amide bonds. The maximum absolute atomic E-state index is 12.8. The van der Waals surface area contributed by atoms with Gasteiger partial charge in [-0.25, -0.2) is 0 Å². The van der Waals surface area contributed by atoms with E-state index in [-0.39, 0.29) is 5.91 Å². The van der Waals surface area contributed by atoms with E-state index >= 15 is 0 Å². The number of aromatic nitrogens is 1. The Bertz CT molecular complexity index is 965. The second-order valence-corrected chi connectivity index (χ2v) is 7.21. The van der Waals surface area contributed by atoms with E-state index in [2.05, 4.69) is 51.3 Å². The van der Waals surface area contributed by atoms with Crippen LogP contribution in [0.1, 0.15) is 22.8 Å². The number of pyridine rings is 1. The lowest BCUT2D eigenvalue weighted by Gasteiger charge is -2.37. The number of para-hydroxylation sites is 2. The quantitative estimate of drug-likeness (QED) is 0.713. The zero-order valence-corrected chi connectivity index (χ0v) is 16.7. The molecule has 1 aromatic heterocycles. The summed E-state index contributed by atoms with van der Waals surface area (Å²) >= 11 is 0. The van der Waals surface area contributed by atoms with Gasteiger partial charge in [0.15, 0.2) is 0 Å². The number of hydrogen-bond donors (Lipinski definition) is 1. The number of amides is 1. The molecule has 2 heterocycles. The molecule has 148 valence electrons. The maximum Gasteiger partial charge on any atom is 0.257 e. The molecule has 0 aliphatic carbocycles. The van der Waals surface area contributed by atoms with Crippen LogP contribution in [0.4, 0.5) is 17.1 Å². The number of aryl methyl sites for hydroxylation is 1. The number of nitrogens with one attached hydrogen (secondary N) is 1. The van der Waals surface area contributed by atoms with Crippen molar-refractivity contribution in [3.8, 4) is 0 Å². The summed E-state index contributed by atoms with van der Waals surface area (Å²) in [7, 11) is 0. The summed E-state index contributed by atoms with van der Waals surface area (Å²) in [6, 6.07) is 20.3. The molecule has 1 fully saturated rings. The van der Waals surface area contributed by atoms with Crippen molar-refractivity contribution in [2.45, 2.75) is 13.3 Å². The van der Waals surface area contributed by atoms with Gasteiger partial charge in [-0.3, -0.25) is 9.78 Å². The Labute approximate surface area is 172 Å². The highest BCUT2D eigenvalue weighted by molar-refractivity contribution is 6.05. The third-order valence-corrected chi connectivity index (χ3v) is 5.40. The first-order valence-corrected chi connectivity index (χ1v) is 10.1. The molecular weight excluding hydrogens is 360 g/mol. The molecule has 1 saturated heterocycles. The molecule has 1 aliphatic rings. The van der Waals surface area contributed by atoms with Crippen LogP contribution < -0.4 is 15.1 Å². The molecule has 5 heteroatoms. The first kappa shape index (κ1) is 19.0. The van der Waals surface area contributed by atoms with Gasteiger partial charge in [0.1, 0.15) is 0 Å². The summed E-state index contributed by atoms with van der Waals surface area (Å²) in [4.78, 5) is 21.8. The lowest BCUT2D eigenvalue weighted by Crippen LogP contribution is -2.46. The first-order chi connectivity index (χ1) is 14.2. The van der Waals surface area contributed by atoms with Crippen LogP contribution in [0.15, 0.2) is 73.1 Å². The number of hydrogen-bond acceptors (Lipinski definition) is 4. The lowest BCUT2D eigenvalue weighted by atomic mass is 10.1. The number of carbonyl (C=O) groups is 1. The Hall–Kier alpha value is -3.34. The Balaban J connectivity index is 1.43. The topological polar surface area (TPSA) is 48.5 Å². The minimum atomic E-state index is -0.122. The molecule has 3 aromatic rings. The van der Waals surface area contributed by atoms with Gasteiger partial charge in [-0.2, -0.15) is 0 Å². The molecule has 5 nitrogen and oxygen atoms in total. The summed E-state index contributed by atoms with van der Waals surface area (Å²) in [6.45, 7) is 5.79. The average Bonchev–Trinajstić information content (AvgIpc) is 2.80. The predicted molar refractivity (Wildman–Crippen MR) is 119 cm³/mol. The zero-order chi connectivity index (χ0) is 20.1. The van der Waals surface area contributed by atoms with E-state index in [0.717, 1.165) is 49.5 Å². The molecule has 29 heavy (non-hydrogen) atoms. The summed E-state index contributed by atoms with van der Waals surface area (Å²) < 4.78 is 0. The van der Waals surface area contributed by atoms with Crippen LogP contribution in [0.25, 0.3) is 0 Å². The average molecular weight is 386 g/mol. The number of carbonyl (C=O) groups excluding carboxylic acids is 1. The summed E-state index contributed by atoms with van der Waals surface area (Å²) in [6.07, 6.45) is 4.35. The fourth-order valence-corrected chi connectivity index (χ4v) is 3.73. The van der Waals surface area contributed by atoms with Crippen molar-refractivity contribution in [1.82, 2.24) is 4.98 Å². The lowest BCUT2D eigenvalue weighted by molar-refractivity contribution is 0.102. The highest BCUT2D eigenvalue weighted by Crippen LogP contribution is 2.22. The van der Waals surface area contributed by atoms with E-state index in [9.17, 15) is 4.79 Å². The van der Waals surface area contributed by atoms with Gasteiger partial charge in [0, 0.05) is 43.8 Å². The summed E-state index contributed by atoms with van der Waals surface area (Å²) in [5, 5.41) is 3.03. The van der Waals surface area contributed by atoms with Crippen LogP contribution in [-0.2, 0) is 6.42 Å². The molecule has 0 bridgehead atoms. The number of piperazine rings is 1. The van der Waals surface area contributed by atoms with E-state index in [1.54, 1.807) is 6.20 Å². The standard InChI is InChI=1S/C24H26N4O/c1-2-19-8-6-7-11-23(19)26-24(29)20-16-22(18-25-17-20)28-14-12-27(13-15-28)21-9-4-3-5-10-21/h3-11,16-18H,2,12-15H2,1H3,(H,26,29). The normalized spacial score (nSPS) is 14.0. The summed E-state index contributed by atoms with van der Waals surface area (Å²) in [5.41, 5.74) is 4.82. The molecule has 0 unspecified atom stereocenters. The van der Waals surface area contributed by atoms with E-state index in [1.807, 2.05) is 42.6 Å². The van der Waals surface area contributed by atoms with Crippen LogP contribution in [0.3, 0.4) is 0 Å². The monoisotopic (exact) mass is 386 g/mol. The predicted octanol–water partition coefficient (Wildman–Crippen LogP) is 4.22. The number of anilines is 3. The van der Waals surface area contributed by atoms with Gasteiger partial charge in [-0.1, -0.05) is 43.3 Å². The number of rotatable bonds is 5. The Kier molecular flexibility index (Phi) is 5.75. The van der Waals surface area contributed by atoms with Gasteiger partial charge in [0.2, 0.25) is 0 Å². The van der Waals surface area contributed by atoms with E-state index in [0.29, 0.717) is 5.56 Å². The van der Waals surface area contributed by atoms with Gasteiger partial charge in [-0.05, 0) is 36.2 Å². The molecule has 1 aliphatic heterocycles. The van der Waals surface area contributed by atoms with Gasteiger partial charge in [0.25, 0.3) is 5.91 Å². The van der Waals surface area contributed by atoms with Crippen LogP contribution in [0, 0.1) is 0 Å². The molecule has 0 radical (unpaired) electrons. The molecule has 0 saturated carbocycles. The third kappa shape index (κ3) is 4.40. The van der Waals surface area contributed by atoms with Crippen molar-refractivity contribution in [3.05, 3.63) is 84.2 Å². The van der Waals surface area contributed by atoms with Crippen molar-refractivity contribution in [2.75, 3.05) is 41.3 Å². The SMILES string of the molecule is CCc1ccccc1NC(=O)c1cncc(N2CCN(c3ccccc3)CC2)c1. The molecule has 0 atom stereocenters. The van der Waals surface area contributed by atoms with Gasteiger partial charge >= 0.3 is 0 Å². The summed E-state index contributed by atoms with van der Waals surface area (Å²) in [5.74, 6) is -0.122. The highest BCUT2D eigenvalue weighted by atomic mass is 16.1. The highest BCUT2D eigenvalue weighted by Gasteiger charge is 2.19. The van der Waals surface area contributed by atoms with Crippen LogP contribution >= 0.6 is 0 Å². The van der Waals surface area contributed by atoms with Crippen molar-refractivity contribution in [2.24, 2.45) is 0 Å². The largest absolute Gasteiger partial charge is 0.368 e. The van der Waals surface area contributed by atoms with Crippen LogP contribution in [0.2, 0.25) is 0 Å². The van der Waals surface area contributed by atoms with Crippen molar-refractivity contribution < 1.29 is 4.79 Å². The first-order valence-electron chi connectivity index (χ1n) is 10.1. The van der Waals surface area contributed by atoms with Crippen LogP contribution in [0.5, 0.6) is 0 Å². The van der Waals surface area contributed by atoms with Crippen molar-refractivity contribution >= 4 is 23.0 Å². The van der Waals surface area contributed by atoms with E-state index < -0.39 is 0 Å². The Morgan fingerprint density at radius 1 is 0.897 bits per heavy atom. The third-order valence-electron chi connectivity index (χ3n) is 5.40. The van der Waals surface area contributed by atoms with Gasteiger partial charge < -0.3 is 15.1 Å². The number of nitrogens with zero attached hydrogens (tertiary/aromatic N) is 3. The van der Waals surface area contributed by atoms with Crippen molar-refractivity contribution in [1.29, 1.82) is 0 Å². The smallest absolute Gasteiger partial charge is 0.257 e. The number of benzene rings is 2. The van der Waals surface area contributed by atoms with Gasteiger partial charge in [-0.15, -0.1) is 0 Å². The van der Waals surface area contributed by atoms with E-state index in [4.69, 9.17) is 0 Å². The molecule has 0 spiro atoms. The van der Waals surface area contributed by atoms with Crippen molar-refractivity contribution in [3.63, 3.8) is 0 Å². The second-order valence-electron chi connectivity index (χ2n) is 7.21. The molecular formula is C24H26N4O. The molecule has 2 aromatic carbocycles. The fraction of sp³-hybridized carbons (Fsp3) is 0.250. The fourth-order valence-electron chi connectivity index (χ4n) is 3.73.